The molecule has 26 heavy (non-hydrogen) atoms. The molecule has 0 spiro atoms. The second-order valence-corrected chi connectivity index (χ2v) is 8.49. The maximum atomic E-state index is 11.6. The molecule has 0 aliphatic heterocycles. The second kappa shape index (κ2) is 8.56. The van der Waals surface area contributed by atoms with Gasteiger partial charge < -0.3 is 10.0 Å². The fourth-order valence-corrected chi connectivity index (χ4v) is 4.62. The van der Waals surface area contributed by atoms with E-state index in [1.54, 1.807) is 0 Å². The van der Waals surface area contributed by atoms with Crippen LogP contribution in [0, 0.1) is 11.8 Å². The van der Waals surface area contributed by atoms with Gasteiger partial charge in [0.15, 0.2) is 0 Å². The van der Waals surface area contributed by atoms with E-state index in [2.05, 4.69) is 49.3 Å². The molecule has 3 unspecified atom stereocenters. The molecule has 0 saturated heterocycles. The van der Waals surface area contributed by atoms with E-state index >= 15 is 0 Å². The third kappa shape index (κ3) is 4.68. The molecule has 2 aromatic rings. The highest BCUT2D eigenvalue weighted by atomic mass is 35.5. The van der Waals surface area contributed by atoms with Gasteiger partial charge in [0, 0.05) is 17.5 Å². The topological polar surface area (TPSA) is 23.5 Å². The van der Waals surface area contributed by atoms with Crippen LogP contribution in [0.1, 0.15) is 36.8 Å². The lowest BCUT2D eigenvalue weighted by Crippen LogP contribution is -2.45. The molecule has 2 nitrogen and oxygen atoms in total. The van der Waals surface area contributed by atoms with Crippen molar-refractivity contribution in [2.45, 2.75) is 37.7 Å². The molecule has 0 aromatic heterocycles. The van der Waals surface area contributed by atoms with Crippen LogP contribution in [0.3, 0.4) is 0 Å². The summed E-state index contributed by atoms with van der Waals surface area (Å²) in [5.41, 5.74) is 1.60. The van der Waals surface area contributed by atoms with Gasteiger partial charge in [-0.3, -0.25) is 0 Å². The Morgan fingerprint density at radius 3 is 2.58 bits per heavy atom. The maximum absolute atomic E-state index is 11.6. The summed E-state index contributed by atoms with van der Waals surface area (Å²) in [5.74, 6) is 0.894. The van der Waals surface area contributed by atoms with Crippen molar-refractivity contribution >= 4 is 11.6 Å². The third-order valence-electron chi connectivity index (χ3n) is 5.82. The Hall–Kier alpha value is -1.35. The minimum absolute atomic E-state index is 0.227. The van der Waals surface area contributed by atoms with Gasteiger partial charge in [-0.2, -0.15) is 0 Å². The predicted octanol–water partition coefficient (Wildman–Crippen LogP) is 5.14. The molecular formula is C23H30ClNO. The first kappa shape index (κ1) is 19.4. The first-order chi connectivity index (χ1) is 12.5. The number of aliphatic hydroxyl groups is 1. The molecular weight excluding hydrogens is 342 g/mol. The van der Waals surface area contributed by atoms with Gasteiger partial charge in [-0.15, -0.1) is 0 Å². The fraction of sp³-hybridized carbons (Fsp3) is 0.478. The van der Waals surface area contributed by atoms with Crippen LogP contribution >= 0.6 is 11.6 Å². The monoisotopic (exact) mass is 371 g/mol. The largest absolute Gasteiger partial charge is 0.385 e. The number of rotatable bonds is 6. The van der Waals surface area contributed by atoms with Gasteiger partial charge in [-0.25, -0.2) is 0 Å². The maximum Gasteiger partial charge on any atom is 0.0937 e. The lowest BCUT2D eigenvalue weighted by atomic mass is 9.66. The van der Waals surface area contributed by atoms with Crippen molar-refractivity contribution < 1.29 is 5.11 Å². The number of benzene rings is 2. The van der Waals surface area contributed by atoms with Crippen molar-refractivity contribution in [1.82, 2.24) is 4.90 Å². The summed E-state index contributed by atoms with van der Waals surface area (Å²) >= 11 is 6.20. The van der Waals surface area contributed by atoms with Crippen LogP contribution in [0.25, 0.3) is 0 Å². The molecule has 2 aromatic carbocycles. The van der Waals surface area contributed by atoms with Crippen molar-refractivity contribution in [3.05, 3.63) is 70.7 Å². The van der Waals surface area contributed by atoms with E-state index in [4.69, 9.17) is 11.6 Å². The first-order valence-electron chi connectivity index (χ1n) is 9.64. The van der Waals surface area contributed by atoms with Crippen molar-refractivity contribution in [2.24, 2.45) is 11.8 Å². The highest BCUT2D eigenvalue weighted by molar-refractivity contribution is 6.30. The zero-order chi connectivity index (χ0) is 18.6. The van der Waals surface area contributed by atoms with Crippen molar-refractivity contribution in [3.63, 3.8) is 0 Å². The van der Waals surface area contributed by atoms with Crippen molar-refractivity contribution in [3.8, 4) is 0 Å². The highest BCUT2D eigenvalue weighted by Crippen LogP contribution is 2.45. The van der Waals surface area contributed by atoms with E-state index in [0.717, 1.165) is 37.8 Å². The number of halogens is 1. The van der Waals surface area contributed by atoms with E-state index in [9.17, 15) is 5.11 Å². The third-order valence-corrected chi connectivity index (χ3v) is 6.06. The van der Waals surface area contributed by atoms with Gasteiger partial charge in [-0.05, 0) is 75.4 Å². The molecule has 0 amide bonds. The standard InChI is InChI=1S/C23H30ClNO/c1-25(2)17-21-15-19(12-11-18-7-4-3-5-8-18)13-14-23(21,26)20-9-6-10-22(24)16-20/h3-10,16,19,21,26H,11-15,17H2,1-2H3. The molecule has 140 valence electrons. The second-order valence-electron chi connectivity index (χ2n) is 8.06. The van der Waals surface area contributed by atoms with Gasteiger partial charge in [0.25, 0.3) is 0 Å². The van der Waals surface area contributed by atoms with E-state index < -0.39 is 5.60 Å². The average molecular weight is 372 g/mol. The molecule has 0 radical (unpaired) electrons. The summed E-state index contributed by atoms with van der Waals surface area (Å²) in [5, 5.41) is 12.3. The van der Waals surface area contributed by atoms with Crippen LogP contribution in [0.2, 0.25) is 5.02 Å². The van der Waals surface area contributed by atoms with Crippen LogP contribution in [0.4, 0.5) is 0 Å². The predicted molar refractivity (Wildman–Crippen MR) is 109 cm³/mol. The summed E-state index contributed by atoms with van der Waals surface area (Å²) in [7, 11) is 4.18. The summed E-state index contributed by atoms with van der Waals surface area (Å²) in [6.45, 7) is 0.894. The van der Waals surface area contributed by atoms with Gasteiger partial charge >= 0.3 is 0 Å². The Morgan fingerprint density at radius 2 is 1.88 bits per heavy atom. The number of aryl methyl sites for hydroxylation is 1. The quantitative estimate of drug-likeness (QED) is 0.760. The smallest absolute Gasteiger partial charge is 0.0937 e. The van der Waals surface area contributed by atoms with Gasteiger partial charge in [-0.1, -0.05) is 54.1 Å². The molecule has 1 fully saturated rings. The van der Waals surface area contributed by atoms with Crippen LogP contribution in [-0.2, 0) is 12.0 Å². The van der Waals surface area contributed by atoms with E-state index in [0.29, 0.717) is 10.9 Å². The Bertz CT molecular complexity index is 702. The summed E-state index contributed by atoms with van der Waals surface area (Å²) in [6, 6.07) is 18.5. The number of nitrogens with zero attached hydrogens (tertiary/aromatic N) is 1. The fourth-order valence-electron chi connectivity index (χ4n) is 4.43. The molecule has 3 atom stereocenters. The minimum atomic E-state index is -0.779. The van der Waals surface area contributed by atoms with Crippen LogP contribution in [0.5, 0.6) is 0 Å². The molecule has 1 N–H and O–H groups in total. The SMILES string of the molecule is CN(C)CC1CC(CCc2ccccc2)CCC1(O)c1cccc(Cl)c1. The van der Waals surface area contributed by atoms with Crippen LogP contribution in [-0.4, -0.2) is 30.6 Å². The Balaban J connectivity index is 1.72. The van der Waals surface area contributed by atoms with E-state index in [1.807, 2.05) is 24.3 Å². The zero-order valence-corrected chi connectivity index (χ0v) is 16.6. The number of hydrogen-bond acceptors (Lipinski definition) is 2. The Kier molecular flexibility index (Phi) is 6.39. The molecule has 0 heterocycles. The van der Waals surface area contributed by atoms with Crippen molar-refractivity contribution in [1.29, 1.82) is 0 Å². The van der Waals surface area contributed by atoms with Crippen LogP contribution < -0.4 is 0 Å². The summed E-state index contributed by atoms with van der Waals surface area (Å²) in [6.07, 6.45) is 5.26. The molecule has 3 rings (SSSR count). The van der Waals surface area contributed by atoms with Crippen molar-refractivity contribution in [2.75, 3.05) is 20.6 Å². The average Bonchev–Trinajstić information content (AvgIpc) is 2.63. The zero-order valence-electron chi connectivity index (χ0n) is 15.9. The normalized spacial score (nSPS) is 26.2. The molecule has 1 aliphatic carbocycles. The lowest BCUT2D eigenvalue weighted by Gasteiger charge is -2.44. The Morgan fingerprint density at radius 1 is 1.12 bits per heavy atom. The van der Waals surface area contributed by atoms with E-state index in [-0.39, 0.29) is 5.92 Å². The highest BCUT2D eigenvalue weighted by Gasteiger charge is 2.43. The minimum Gasteiger partial charge on any atom is -0.385 e. The molecule has 3 heteroatoms. The Labute approximate surface area is 162 Å². The van der Waals surface area contributed by atoms with Gasteiger partial charge in [0.1, 0.15) is 0 Å². The van der Waals surface area contributed by atoms with E-state index in [1.165, 1.54) is 12.0 Å². The first-order valence-corrected chi connectivity index (χ1v) is 10.0. The van der Waals surface area contributed by atoms with Gasteiger partial charge in [0.05, 0.1) is 5.60 Å². The summed E-state index contributed by atoms with van der Waals surface area (Å²) in [4.78, 5) is 2.19. The lowest BCUT2D eigenvalue weighted by molar-refractivity contribution is -0.0760. The molecule has 1 aliphatic rings. The summed E-state index contributed by atoms with van der Waals surface area (Å²) < 4.78 is 0. The molecule has 0 bridgehead atoms. The van der Waals surface area contributed by atoms with Crippen LogP contribution in [0.15, 0.2) is 54.6 Å². The number of hydrogen-bond donors (Lipinski definition) is 1. The van der Waals surface area contributed by atoms with Gasteiger partial charge in [0.2, 0.25) is 0 Å². The molecule has 1 saturated carbocycles.